The fourth-order valence-corrected chi connectivity index (χ4v) is 3.05. The van der Waals surface area contributed by atoms with Crippen molar-refractivity contribution >= 4 is 17.7 Å². The molecule has 0 aliphatic heterocycles. The summed E-state index contributed by atoms with van der Waals surface area (Å²) in [6.45, 7) is 0. The van der Waals surface area contributed by atoms with Crippen molar-refractivity contribution in [3.8, 4) is 6.07 Å². The number of anilines is 1. The number of ether oxygens (including phenoxy) is 1. The van der Waals surface area contributed by atoms with Crippen molar-refractivity contribution in [1.29, 1.82) is 5.26 Å². The Hall–Kier alpha value is -2.55. The summed E-state index contributed by atoms with van der Waals surface area (Å²) in [7, 11) is 1.38. The highest BCUT2D eigenvalue weighted by Gasteiger charge is 2.30. The Morgan fingerprint density at radius 3 is 2.42 bits per heavy atom. The molecular formula is C18H23N3O3. The summed E-state index contributed by atoms with van der Waals surface area (Å²) < 4.78 is 4.90. The van der Waals surface area contributed by atoms with Gasteiger partial charge in [0, 0.05) is 11.7 Å². The van der Waals surface area contributed by atoms with E-state index in [2.05, 4.69) is 10.6 Å². The normalized spacial score (nSPS) is 20.8. The van der Waals surface area contributed by atoms with Crippen molar-refractivity contribution in [2.45, 2.75) is 44.6 Å². The van der Waals surface area contributed by atoms with E-state index in [-0.39, 0.29) is 24.0 Å². The van der Waals surface area contributed by atoms with Gasteiger partial charge < -0.3 is 15.4 Å². The van der Waals surface area contributed by atoms with E-state index in [1.165, 1.54) is 7.11 Å². The Bertz CT molecular complexity index is 607. The van der Waals surface area contributed by atoms with E-state index in [0.717, 1.165) is 38.5 Å². The summed E-state index contributed by atoms with van der Waals surface area (Å²) in [4.78, 5) is 24.3. The highest BCUT2D eigenvalue weighted by Crippen LogP contribution is 2.24. The number of carbonyl (C=O) groups is 2. The molecule has 0 radical (unpaired) electrons. The molecule has 0 bridgehead atoms. The number of benzene rings is 1. The minimum Gasteiger partial charge on any atom is -0.469 e. The molecule has 0 spiro atoms. The Morgan fingerprint density at radius 2 is 1.79 bits per heavy atom. The maximum absolute atomic E-state index is 12.3. The lowest BCUT2D eigenvalue weighted by Crippen LogP contribution is -2.45. The van der Waals surface area contributed by atoms with Gasteiger partial charge in [-0.2, -0.15) is 5.26 Å². The quantitative estimate of drug-likeness (QED) is 0.833. The Morgan fingerprint density at radius 1 is 1.12 bits per heavy atom. The molecule has 2 atom stereocenters. The number of carbonyl (C=O) groups excluding carboxylic acids is 2. The monoisotopic (exact) mass is 329 g/mol. The second kappa shape index (κ2) is 8.92. The first-order valence-corrected chi connectivity index (χ1v) is 8.29. The highest BCUT2D eigenvalue weighted by atomic mass is 16.5. The largest absolute Gasteiger partial charge is 0.469 e. The van der Waals surface area contributed by atoms with E-state index < -0.39 is 0 Å². The summed E-state index contributed by atoms with van der Waals surface area (Å²) in [6.07, 6.45) is 5.67. The van der Waals surface area contributed by atoms with Gasteiger partial charge in [-0.05, 0) is 37.1 Å². The van der Waals surface area contributed by atoms with Crippen LogP contribution in [0.25, 0.3) is 0 Å². The molecule has 1 aromatic rings. The Labute approximate surface area is 142 Å². The number of rotatable bonds is 3. The van der Waals surface area contributed by atoms with Gasteiger partial charge in [0.1, 0.15) is 0 Å². The molecule has 0 unspecified atom stereocenters. The highest BCUT2D eigenvalue weighted by molar-refractivity contribution is 5.90. The maximum Gasteiger partial charge on any atom is 0.319 e. The van der Waals surface area contributed by atoms with Crippen molar-refractivity contribution in [3.05, 3.63) is 29.8 Å². The van der Waals surface area contributed by atoms with Gasteiger partial charge in [0.2, 0.25) is 0 Å². The van der Waals surface area contributed by atoms with E-state index in [1.54, 1.807) is 24.3 Å². The van der Waals surface area contributed by atoms with Gasteiger partial charge in [-0.1, -0.05) is 25.7 Å². The Kier molecular flexibility index (Phi) is 6.62. The minimum atomic E-state index is -0.348. The summed E-state index contributed by atoms with van der Waals surface area (Å²) in [6, 6.07) is 8.09. The maximum atomic E-state index is 12.3. The standard InChI is InChI=1S/C18H23N3O3/c1-24-17(22)15-6-4-2-3-5-7-16(15)21-18(23)20-14-10-8-13(12-19)9-11-14/h8-11,15-16H,2-7H2,1H3,(H2,20,21,23)/t15-,16-/m1/s1. The molecule has 2 rings (SSSR count). The number of amides is 2. The van der Waals surface area contributed by atoms with Crippen LogP contribution in [0.15, 0.2) is 24.3 Å². The number of methoxy groups -OCH3 is 1. The summed E-state index contributed by atoms with van der Waals surface area (Å²) >= 11 is 0. The number of hydrogen-bond acceptors (Lipinski definition) is 4. The summed E-state index contributed by atoms with van der Waals surface area (Å²) in [5.74, 6) is -0.567. The second-order valence-electron chi connectivity index (χ2n) is 6.02. The molecule has 128 valence electrons. The number of esters is 1. The molecule has 6 heteroatoms. The molecule has 1 saturated carbocycles. The van der Waals surface area contributed by atoms with Crippen LogP contribution in [0.4, 0.5) is 10.5 Å². The first kappa shape index (κ1) is 17.8. The zero-order valence-corrected chi connectivity index (χ0v) is 13.9. The molecule has 1 aromatic carbocycles. The molecule has 0 aromatic heterocycles. The third-order valence-corrected chi connectivity index (χ3v) is 4.36. The van der Waals surface area contributed by atoms with Gasteiger partial charge in [-0.25, -0.2) is 4.79 Å². The average Bonchev–Trinajstić information content (AvgIpc) is 2.57. The molecule has 0 saturated heterocycles. The first-order valence-electron chi connectivity index (χ1n) is 8.29. The summed E-state index contributed by atoms with van der Waals surface area (Å²) in [5, 5.41) is 14.4. The van der Waals surface area contributed by atoms with E-state index in [4.69, 9.17) is 10.00 Å². The van der Waals surface area contributed by atoms with Crippen molar-refractivity contribution in [2.75, 3.05) is 12.4 Å². The number of nitrogens with zero attached hydrogens (tertiary/aromatic N) is 1. The second-order valence-corrected chi connectivity index (χ2v) is 6.02. The van der Waals surface area contributed by atoms with Crippen LogP contribution >= 0.6 is 0 Å². The average molecular weight is 329 g/mol. The molecule has 6 nitrogen and oxygen atoms in total. The van der Waals surface area contributed by atoms with E-state index in [1.807, 2.05) is 6.07 Å². The van der Waals surface area contributed by atoms with Crippen LogP contribution in [-0.2, 0) is 9.53 Å². The van der Waals surface area contributed by atoms with E-state index >= 15 is 0 Å². The number of urea groups is 1. The van der Waals surface area contributed by atoms with Crippen molar-refractivity contribution in [2.24, 2.45) is 5.92 Å². The van der Waals surface area contributed by atoms with Crippen LogP contribution in [0.5, 0.6) is 0 Å². The van der Waals surface area contributed by atoms with Gasteiger partial charge in [0.25, 0.3) is 0 Å². The van der Waals surface area contributed by atoms with Gasteiger partial charge in [0.15, 0.2) is 0 Å². The molecule has 1 aliphatic rings. The SMILES string of the molecule is COC(=O)[C@@H]1CCCCCC[C@H]1NC(=O)Nc1ccc(C#N)cc1. The predicted molar refractivity (Wildman–Crippen MR) is 90.3 cm³/mol. The third-order valence-electron chi connectivity index (χ3n) is 4.36. The molecule has 0 heterocycles. The van der Waals surface area contributed by atoms with Crippen molar-refractivity contribution in [1.82, 2.24) is 5.32 Å². The topological polar surface area (TPSA) is 91.2 Å². The fraction of sp³-hybridized carbons (Fsp3) is 0.500. The molecule has 1 aliphatic carbocycles. The van der Waals surface area contributed by atoms with Crippen LogP contribution in [0, 0.1) is 17.2 Å². The van der Waals surface area contributed by atoms with Crippen LogP contribution in [0.1, 0.15) is 44.1 Å². The molecule has 2 amide bonds. The van der Waals surface area contributed by atoms with Gasteiger partial charge >= 0.3 is 12.0 Å². The first-order chi connectivity index (χ1) is 11.6. The molecule has 2 N–H and O–H groups in total. The van der Waals surface area contributed by atoms with E-state index in [9.17, 15) is 9.59 Å². The van der Waals surface area contributed by atoms with Crippen LogP contribution in [0.3, 0.4) is 0 Å². The predicted octanol–water partition coefficient (Wildman–Crippen LogP) is 3.19. The number of nitrogens with one attached hydrogen (secondary N) is 2. The third kappa shape index (κ3) is 4.98. The molecule has 1 fully saturated rings. The fourth-order valence-electron chi connectivity index (χ4n) is 3.05. The number of hydrogen-bond donors (Lipinski definition) is 2. The van der Waals surface area contributed by atoms with Crippen LogP contribution in [0.2, 0.25) is 0 Å². The lowest BCUT2D eigenvalue weighted by molar-refractivity contribution is -0.146. The minimum absolute atomic E-state index is 0.226. The molecular weight excluding hydrogens is 306 g/mol. The smallest absolute Gasteiger partial charge is 0.319 e. The van der Waals surface area contributed by atoms with Crippen molar-refractivity contribution in [3.63, 3.8) is 0 Å². The number of nitriles is 1. The lowest BCUT2D eigenvalue weighted by Gasteiger charge is -2.28. The van der Waals surface area contributed by atoms with Gasteiger partial charge in [0.05, 0.1) is 24.7 Å². The van der Waals surface area contributed by atoms with Crippen LogP contribution in [-0.4, -0.2) is 25.2 Å². The van der Waals surface area contributed by atoms with Crippen LogP contribution < -0.4 is 10.6 Å². The molecule has 24 heavy (non-hydrogen) atoms. The van der Waals surface area contributed by atoms with Gasteiger partial charge in [-0.15, -0.1) is 0 Å². The Balaban J connectivity index is 1.99. The zero-order valence-electron chi connectivity index (χ0n) is 13.9. The zero-order chi connectivity index (χ0) is 17.4. The summed E-state index contributed by atoms with van der Waals surface area (Å²) in [5.41, 5.74) is 1.14. The lowest BCUT2D eigenvalue weighted by atomic mass is 9.87. The van der Waals surface area contributed by atoms with Gasteiger partial charge in [-0.3, -0.25) is 4.79 Å². The van der Waals surface area contributed by atoms with Crippen molar-refractivity contribution < 1.29 is 14.3 Å². The van der Waals surface area contributed by atoms with E-state index in [0.29, 0.717) is 11.3 Å².